The van der Waals surface area contributed by atoms with Crippen LogP contribution in [0.3, 0.4) is 0 Å². The number of esters is 1. The van der Waals surface area contributed by atoms with Crippen LogP contribution in [0.5, 0.6) is 0 Å². The Bertz CT molecular complexity index is 485. The van der Waals surface area contributed by atoms with Gasteiger partial charge in [-0.25, -0.2) is 9.18 Å². The molecule has 1 aromatic carbocycles. The van der Waals surface area contributed by atoms with Crippen LogP contribution in [-0.2, 0) is 14.3 Å². The maximum atomic E-state index is 12.9. The van der Waals surface area contributed by atoms with Crippen LogP contribution in [0.2, 0.25) is 0 Å². The van der Waals surface area contributed by atoms with E-state index in [4.69, 9.17) is 4.74 Å². The van der Waals surface area contributed by atoms with Crippen LogP contribution in [0.25, 0.3) is 0 Å². The molecule has 0 saturated heterocycles. The first kappa shape index (κ1) is 14.9. The number of hydrogen-bond donors (Lipinski definition) is 1. The molecule has 0 heterocycles. The van der Waals surface area contributed by atoms with Crippen LogP contribution in [0, 0.1) is 5.82 Å². The largest absolute Gasteiger partial charge is 0.449 e. The minimum absolute atomic E-state index is 0.317. The van der Waals surface area contributed by atoms with E-state index >= 15 is 0 Å². The molecule has 102 valence electrons. The molecule has 0 aliphatic rings. The first-order chi connectivity index (χ1) is 9.02. The Balaban J connectivity index is 2.53. The van der Waals surface area contributed by atoms with Crippen molar-refractivity contribution in [1.82, 2.24) is 0 Å². The molecular weight excluding hydrogens is 249 g/mol. The molecule has 0 radical (unpaired) electrons. The lowest BCUT2D eigenvalue weighted by Crippen LogP contribution is -2.29. The molecule has 0 aliphatic carbocycles. The summed E-state index contributed by atoms with van der Waals surface area (Å²) < 4.78 is 17.8. The Morgan fingerprint density at radius 3 is 2.84 bits per heavy atom. The third-order valence-corrected chi connectivity index (χ3v) is 2.24. The molecule has 19 heavy (non-hydrogen) atoms. The SMILES string of the molecule is CC/C=C/C(=O)O[C@@H](C)C(=O)Nc1cccc(F)c1. The molecule has 1 rings (SSSR count). The van der Waals surface area contributed by atoms with E-state index in [0.717, 1.165) is 0 Å². The van der Waals surface area contributed by atoms with Gasteiger partial charge < -0.3 is 10.1 Å². The molecule has 1 aromatic rings. The highest BCUT2D eigenvalue weighted by molar-refractivity contribution is 5.95. The molecule has 1 atom stereocenters. The number of hydrogen-bond acceptors (Lipinski definition) is 3. The van der Waals surface area contributed by atoms with E-state index in [0.29, 0.717) is 12.1 Å². The molecule has 0 unspecified atom stereocenters. The van der Waals surface area contributed by atoms with Crippen LogP contribution in [-0.4, -0.2) is 18.0 Å². The van der Waals surface area contributed by atoms with E-state index in [1.54, 1.807) is 12.1 Å². The summed E-state index contributed by atoms with van der Waals surface area (Å²) in [5.41, 5.74) is 0.317. The van der Waals surface area contributed by atoms with Gasteiger partial charge in [0.1, 0.15) is 5.82 Å². The Kier molecular flexibility index (Phi) is 5.73. The fourth-order valence-electron chi connectivity index (χ4n) is 1.29. The molecule has 5 heteroatoms. The maximum Gasteiger partial charge on any atom is 0.331 e. The molecule has 1 N–H and O–H groups in total. The highest BCUT2D eigenvalue weighted by Gasteiger charge is 2.16. The molecule has 0 aliphatic heterocycles. The molecular formula is C14H16FNO3. The summed E-state index contributed by atoms with van der Waals surface area (Å²) in [6, 6.07) is 5.48. The molecule has 4 nitrogen and oxygen atoms in total. The van der Waals surface area contributed by atoms with Crippen molar-refractivity contribution in [2.75, 3.05) is 5.32 Å². The van der Waals surface area contributed by atoms with Gasteiger partial charge in [-0.05, 0) is 31.5 Å². The van der Waals surface area contributed by atoms with Gasteiger partial charge in [0.05, 0.1) is 0 Å². The van der Waals surface area contributed by atoms with Crippen molar-refractivity contribution in [2.24, 2.45) is 0 Å². The number of amides is 1. The number of allylic oxidation sites excluding steroid dienone is 1. The van der Waals surface area contributed by atoms with Crippen LogP contribution in [0.4, 0.5) is 10.1 Å². The molecule has 0 saturated carbocycles. The zero-order valence-electron chi connectivity index (χ0n) is 10.9. The number of rotatable bonds is 5. The summed E-state index contributed by atoms with van der Waals surface area (Å²) in [6.07, 6.45) is 2.67. The quantitative estimate of drug-likeness (QED) is 0.657. The average molecular weight is 265 g/mol. The summed E-state index contributed by atoms with van der Waals surface area (Å²) in [5, 5.41) is 2.46. The lowest BCUT2D eigenvalue weighted by atomic mass is 10.3. The summed E-state index contributed by atoms with van der Waals surface area (Å²) in [7, 11) is 0. The van der Waals surface area contributed by atoms with Crippen molar-refractivity contribution in [3.8, 4) is 0 Å². The van der Waals surface area contributed by atoms with E-state index in [-0.39, 0.29) is 0 Å². The van der Waals surface area contributed by atoms with Gasteiger partial charge in [-0.3, -0.25) is 4.79 Å². The number of carbonyl (C=O) groups excluding carboxylic acids is 2. The highest BCUT2D eigenvalue weighted by Crippen LogP contribution is 2.10. The normalized spacial score (nSPS) is 12.2. The zero-order valence-corrected chi connectivity index (χ0v) is 10.9. The van der Waals surface area contributed by atoms with Crippen molar-refractivity contribution in [3.05, 3.63) is 42.2 Å². The van der Waals surface area contributed by atoms with Gasteiger partial charge in [0.25, 0.3) is 5.91 Å². The third-order valence-electron chi connectivity index (χ3n) is 2.24. The van der Waals surface area contributed by atoms with Gasteiger partial charge >= 0.3 is 5.97 Å². The van der Waals surface area contributed by atoms with E-state index in [9.17, 15) is 14.0 Å². The number of halogens is 1. The van der Waals surface area contributed by atoms with E-state index < -0.39 is 23.8 Å². The first-order valence-corrected chi connectivity index (χ1v) is 5.96. The number of nitrogens with one attached hydrogen (secondary N) is 1. The lowest BCUT2D eigenvalue weighted by Gasteiger charge is -2.12. The number of benzene rings is 1. The van der Waals surface area contributed by atoms with Crippen molar-refractivity contribution in [1.29, 1.82) is 0 Å². The molecule has 0 spiro atoms. The third kappa shape index (κ3) is 5.33. The standard InChI is InChI=1S/C14H16FNO3/c1-3-4-8-13(17)19-10(2)14(18)16-12-7-5-6-11(15)9-12/h4-10H,3H2,1-2H3,(H,16,18)/b8-4+/t10-/m0/s1. The molecule has 0 fully saturated rings. The van der Waals surface area contributed by atoms with Crippen LogP contribution in [0.15, 0.2) is 36.4 Å². The van der Waals surface area contributed by atoms with Gasteiger partial charge in [0.15, 0.2) is 6.10 Å². The van der Waals surface area contributed by atoms with Crippen molar-refractivity contribution < 1.29 is 18.7 Å². The van der Waals surface area contributed by atoms with Gasteiger partial charge in [-0.2, -0.15) is 0 Å². The summed E-state index contributed by atoms with van der Waals surface area (Å²) in [4.78, 5) is 23.0. The van der Waals surface area contributed by atoms with Gasteiger partial charge in [-0.15, -0.1) is 0 Å². The van der Waals surface area contributed by atoms with E-state index in [1.807, 2.05) is 6.92 Å². The van der Waals surface area contributed by atoms with Gasteiger partial charge in [0.2, 0.25) is 0 Å². The maximum absolute atomic E-state index is 12.9. The lowest BCUT2D eigenvalue weighted by molar-refractivity contribution is -0.148. The van der Waals surface area contributed by atoms with Gasteiger partial charge in [0, 0.05) is 11.8 Å². The second kappa shape index (κ2) is 7.31. The average Bonchev–Trinajstić information content (AvgIpc) is 2.36. The second-order valence-corrected chi connectivity index (χ2v) is 3.89. The zero-order chi connectivity index (χ0) is 14.3. The topological polar surface area (TPSA) is 55.4 Å². The molecule has 1 amide bonds. The van der Waals surface area contributed by atoms with E-state index in [1.165, 1.54) is 31.2 Å². The fourth-order valence-corrected chi connectivity index (χ4v) is 1.29. The Labute approximate surface area is 111 Å². The van der Waals surface area contributed by atoms with Crippen molar-refractivity contribution in [3.63, 3.8) is 0 Å². The van der Waals surface area contributed by atoms with Crippen LogP contribution >= 0.6 is 0 Å². The Hall–Kier alpha value is -2.17. The predicted octanol–water partition coefficient (Wildman–Crippen LogP) is 2.66. The Morgan fingerprint density at radius 2 is 2.21 bits per heavy atom. The first-order valence-electron chi connectivity index (χ1n) is 5.96. The summed E-state index contributed by atoms with van der Waals surface area (Å²) in [5.74, 6) is -1.54. The van der Waals surface area contributed by atoms with Crippen molar-refractivity contribution in [2.45, 2.75) is 26.4 Å². The monoisotopic (exact) mass is 265 g/mol. The van der Waals surface area contributed by atoms with Crippen LogP contribution in [0.1, 0.15) is 20.3 Å². The number of carbonyl (C=O) groups is 2. The predicted molar refractivity (Wildman–Crippen MR) is 70.0 cm³/mol. The summed E-state index contributed by atoms with van der Waals surface area (Å²) in [6.45, 7) is 3.33. The number of anilines is 1. The Morgan fingerprint density at radius 1 is 1.47 bits per heavy atom. The second-order valence-electron chi connectivity index (χ2n) is 3.89. The van der Waals surface area contributed by atoms with Gasteiger partial charge in [-0.1, -0.05) is 19.1 Å². The highest BCUT2D eigenvalue weighted by atomic mass is 19.1. The van der Waals surface area contributed by atoms with E-state index in [2.05, 4.69) is 5.32 Å². The molecule has 0 aromatic heterocycles. The van der Waals surface area contributed by atoms with Crippen molar-refractivity contribution >= 4 is 17.6 Å². The van der Waals surface area contributed by atoms with Crippen LogP contribution < -0.4 is 5.32 Å². The minimum atomic E-state index is -0.947. The summed E-state index contributed by atoms with van der Waals surface area (Å²) >= 11 is 0. The molecule has 0 bridgehead atoms. The smallest absolute Gasteiger partial charge is 0.331 e. The fraction of sp³-hybridized carbons (Fsp3) is 0.286. The minimum Gasteiger partial charge on any atom is -0.449 e. The number of ether oxygens (including phenoxy) is 1.